The Balaban J connectivity index is 0. The van der Waals surface area contributed by atoms with Crippen molar-refractivity contribution in [3.05, 3.63) is 28.2 Å². The molecule has 0 aliphatic rings. The maximum Gasteiger partial charge on any atom is 1.00 e. The Kier molecular flexibility index (Phi) is 6.41. The van der Waals surface area contributed by atoms with Gasteiger partial charge in [-0.15, -0.1) is 12.6 Å². The van der Waals surface area contributed by atoms with Crippen molar-refractivity contribution < 1.29 is 52.8 Å². The van der Waals surface area contributed by atoms with E-state index in [9.17, 15) is 0 Å². The van der Waals surface area contributed by atoms with Gasteiger partial charge in [-0.2, -0.15) is 0 Å². The number of thiol groups is 1. The molecule has 0 radical (unpaired) electrons. The molecule has 0 nitrogen and oxygen atoms in total. The molecule has 0 N–H and O–H groups in total. The second-order valence-corrected chi connectivity index (χ2v) is 2.83. The summed E-state index contributed by atoms with van der Waals surface area (Å²) in [4.78, 5) is 0.640. The van der Waals surface area contributed by atoms with Crippen LogP contribution in [0.2, 0.25) is 10.0 Å². The van der Waals surface area contributed by atoms with Crippen LogP contribution in [0.15, 0.2) is 23.1 Å². The van der Waals surface area contributed by atoms with Gasteiger partial charge in [-0.1, -0.05) is 29.3 Å². The van der Waals surface area contributed by atoms with Crippen molar-refractivity contribution in [2.24, 2.45) is 0 Å². The van der Waals surface area contributed by atoms with E-state index in [1.54, 1.807) is 18.2 Å². The monoisotopic (exact) mass is 218 g/mol. The summed E-state index contributed by atoms with van der Waals surface area (Å²) in [6.45, 7) is 0. The quantitative estimate of drug-likeness (QED) is 0.474. The van der Waals surface area contributed by atoms with Gasteiger partial charge in [0.1, 0.15) is 0 Å². The van der Waals surface area contributed by atoms with Crippen LogP contribution < -0.4 is 51.4 Å². The number of benzene rings is 1. The molecule has 1 aromatic carbocycles. The predicted octanol–water partition coefficient (Wildman–Crippen LogP) is 0.399. The third kappa shape index (κ3) is 3.03. The molecule has 0 fully saturated rings. The summed E-state index contributed by atoms with van der Waals surface area (Å²) in [5, 5.41) is 1.18. The molecule has 0 atom stereocenters. The minimum Gasteiger partial charge on any atom is -1.00 e. The van der Waals surface area contributed by atoms with Gasteiger partial charge < -0.3 is 1.43 Å². The van der Waals surface area contributed by atoms with Crippen molar-refractivity contribution in [3.63, 3.8) is 0 Å². The van der Waals surface area contributed by atoms with Gasteiger partial charge in [0.15, 0.2) is 0 Å². The third-order valence-electron chi connectivity index (χ3n) is 0.938. The second kappa shape index (κ2) is 5.44. The molecule has 0 saturated heterocycles. The van der Waals surface area contributed by atoms with Crippen LogP contribution in [0.25, 0.3) is 0 Å². The summed E-state index contributed by atoms with van der Waals surface area (Å²) >= 11 is 15.4. The van der Waals surface area contributed by atoms with Gasteiger partial charge >= 0.3 is 51.4 Å². The molecule has 0 amide bonds. The van der Waals surface area contributed by atoms with Crippen LogP contribution in [0.1, 0.15) is 1.43 Å². The molecule has 4 heteroatoms. The Bertz CT molecular complexity index is 212. The Morgan fingerprint density at radius 3 is 1.90 bits per heavy atom. The smallest absolute Gasteiger partial charge is 1.00 e. The summed E-state index contributed by atoms with van der Waals surface area (Å²) in [5.41, 5.74) is 0. The normalized spacial score (nSPS) is 8.70. The molecular formula is C6H5Cl2KS. The molecule has 0 bridgehead atoms. The molecule has 1 rings (SSSR count). The van der Waals surface area contributed by atoms with Crippen LogP contribution in [0.3, 0.4) is 0 Å². The first-order valence-corrected chi connectivity index (χ1v) is 3.55. The maximum atomic E-state index is 5.65. The first-order chi connectivity index (χ1) is 4.22. The summed E-state index contributed by atoms with van der Waals surface area (Å²) in [7, 11) is 0. The number of hydrogen-bond donors (Lipinski definition) is 1. The van der Waals surface area contributed by atoms with Gasteiger partial charge in [-0.3, -0.25) is 0 Å². The van der Waals surface area contributed by atoms with E-state index in [-0.39, 0.29) is 52.8 Å². The van der Waals surface area contributed by atoms with Crippen LogP contribution in [0, 0.1) is 0 Å². The van der Waals surface area contributed by atoms with Gasteiger partial charge in [0.2, 0.25) is 0 Å². The van der Waals surface area contributed by atoms with Gasteiger partial charge in [0, 0.05) is 4.90 Å². The van der Waals surface area contributed by atoms with Crippen molar-refractivity contribution in [3.8, 4) is 0 Å². The Morgan fingerprint density at radius 2 is 1.60 bits per heavy atom. The fraction of sp³-hybridized carbons (Fsp3) is 0. The van der Waals surface area contributed by atoms with Gasteiger partial charge in [-0.25, -0.2) is 0 Å². The first kappa shape index (κ1) is 11.8. The Labute approximate surface area is 120 Å². The van der Waals surface area contributed by atoms with Gasteiger partial charge in [0.05, 0.1) is 10.0 Å². The van der Waals surface area contributed by atoms with Crippen molar-refractivity contribution in [1.29, 1.82) is 0 Å². The minimum absolute atomic E-state index is 0. The average molecular weight is 219 g/mol. The molecule has 0 aliphatic heterocycles. The summed E-state index contributed by atoms with van der Waals surface area (Å²) in [5.74, 6) is 0. The van der Waals surface area contributed by atoms with Crippen LogP contribution >= 0.6 is 35.8 Å². The van der Waals surface area contributed by atoms with Crippen LogP contribution in [-0.2, 0) is 0 Å². The molecule has 0 aromatic heterocycles. The van der Waals surface area contributed by atoms with E-state index in [4.69, 9.17) is 23.2 Å². The molecule has 0 aliphatic carbocycles. The number of halogens is 2. The molecule has 0 heterocycles. The maximum absolute atomic E-state index is 5.65. The van der Waals surface area contributed by atoms with Crippen molar-refractivity contribution in [1.82, 2.24) is 0 Å². The number of rotatable bonds is 0. The van der Waals surface area contributed by atoms with Crippen molar-refractivity contribution in [2.75, 3.05) is 0 Å². The van der Waals surface area contributed by atoms with Crippen molar-refractivity contribution in [2.45, 2.75) is 4.90 Å². The molecular weight excluding hydrogens is 214 g/mol. The van der Waals surface area contributed by atoms with E-state index in [0.29, 0.717) is 14.9 Å². The Morgan fingerprint density at radius 1 is 1.20 bits per heavy atom. The summed E-state index contributed by atoms with van der Waals surface area (Å²) in [6, 6.07) is 5.27. The number of hydrogen-bond acceptors (Lipinski definition) is 1. The van der Waals surface area contributed by atoms with Crippen LogP contribution in [0.4, 0.5) is 0 Å². The molecule has 0 saturated carbocycles. The average Bonchev–Trinajstić information content (AvgIpc) is 1.83. The summed E-state index contributed by atoms with van der Waals surface area (Å²) in [6.07, 6.45) is 0. The van der Waals surface area contributed by atoms with E-state index in [1.165, 1.54) is 0 Å². The summed E-state index contributed by atoms with van der Waals surface area (Å²) < 4.78 is 0. The topological polar surface area (TPSA) is 0 Å². The molecule has 50 valence electrons. The van der Waals surface area contributed by atoms with E-state index < -0.39 is 0 Å². The van der Waals surface area contributed by atoms with E-state index in [2.05, 4.69) is 12.6 Å². The van der Waals surface area contributed by atoms with E-state index in [0.717, 1.165) is 0 Å². The zero-order valence-corrected chi connectivity index (χ0v) is 11.0. The fourth-order valence-corrected chi connectivity index (χ4v) is 1.04. The first-order valence-electron chi connectivity index (χ1n) is 2.35. The van der Waals surface area contributed by atoms with Gasteiger partial charge in [0.25, 0.3) is 0 Å². The SMILES string of the molecule is Sc1c(Cl)cccc1Cl.[H-].[K+]. The molecule has 1 aromatic rings. The molecule has 0 unspecified atom stereocenters. The minimum atomic E-state index is 0. The zero-order valence-electron chi connectivity index (χ0n) is 6.44. The Hall–Kier alpha value is 1.79. The third-order valence-corrected chi connectivity index (χ3v) is 2.31. The van der Waals surface area contributed by atoms with Crippen LogP contribution in [-0.4, -0.2) is 0 Å². The van der Waals surface area contributed by atoms with Gasteiger partial charge in [-0.05, 0) is 12.1 Å². The van der Waals surface area contributed by atoms with E-state index >= 15 is 0 Å². The zero-order chi connectivity index (χ0) is 6.85. The fourth-order valence-electron chi connectivity index (χ4n) is 0.489. The largest absolute Gasteiger partial charge is 1.00 e. The predicted molar refractivity (Wildman–Crippen MR) is 44.8 cm³/mol. The van der Waals surface area contributed by atoms with Crippen LogP contribution in [0.5, 0.6) is 0 Å². The standard InChI is InChI=1S/C6H4Cl2S.K.H/c7-4-2-1-3-5(8)6(4)9;;/h1-3,9H;;/q;+1;-1. The van der Waals surface area contributed by atoms with E-state index in [1.807, 2.05) is 0 Å². The second-order valence-electron chi connectivity index (χ2n) is 1.57. The molecule has 10 heavy (non-hydrogen) atoms. The van der Waals surface area contributed by atoms with Crippen molar-refractivity contribution >= 4 is 35.8 Å². The molecule has 0 spiro atoms.